The summed E-state index contributed by atoms with van der Waals surface area (Å²) in [6.45, 7) is 0. The molecule has 22 heavy (non-hydrogen) atoms. The largest absolute Gasteiger partial charge is 3.00 e. The van der Waals surface area contributed by atoms with E-state index in [0.717, 1.165) is 0 Å². The third-order valence-corrected chi connectivity index (χ3v) is 0.500. The normalized spacial score (nSPS) is 6.27. The summed E-state index contributed by atoms with van der Waals surface area (Å²) in [5, 5.41) is 53.6. The zero-order chi connectivity index (χ0) is 17.5. The van der Waals surface area contributed by atoms with Crippen molar-refractivity contribution in [1.82, 2.24) is 0 Å². The van der Waals surface area contributed by atoms with E-state index in [1.807, 2.05) is 0 Å². The first kappa shape index (κ1) is 37.3. The standard InChI is InChI=1S/3C2H2O4.H4N2.2Y/c3*3-1(4)2(5)6;1-2;;/h3*(H,3,4)(H,5,6);1-2H2;;/q;;;;2*+3/p-6. The number of carbonyl (C=O) groups excluding carboxylic acids is 6. The van der Waals surface area contributed by atoms with Gasteiger partial charge >= 0.3 is 65.4 Å². The van der Waals surface area contributed by atoms with E-state index in [9.17, 15) is 0 Å². The van der Waals surface area contributed by atoms with E-state index >= 15 is 0 Å². The van der Waals surface area contributed by atoms with Crippen molar-refractivity contribution < 1.29 is 125 Å². The van der Waals surface area contributed by atoms with Gasteiger partial charge in [-0.1, -0.05) is 0 Å². The van der Waals surface area contributed by atoms with Gasteiger partial charge in [-0.05, 0) is 0 Å². The maximum absolute atomic E-state index is 8.93. The summed E-state index contributed by atoms with van der Waals surface area (Å²) in [6, 6.07) is 0. The molecule has 0 unspecified atom stereocenters. The quantitative estimate of drug-likeness (QED) is 0.187. The minimum atomic E-state index is -2.19. The minimum absolute atomic E-state index is 0. The van der Waals surface area contributed by atoms with E-state index in [-0.39, 0.29) is 65.4 Å². The van der Waals surface area contributed by atoms with Gasteiger partial charge in [-0.15, -0.1) is 0 Å². The van der Waals surface area contributed by atoms with Crippen molar-refractivity contribution in [2.75, 3.05) is 0 Å². The van der Waals surface area contributed by atoms with Crippen LogP contribution < -0.4 is 42.3 Å². The molecule has 0 bridgehead atoms. The smallest absolute Gasteiger partial charge is 0.543 e. The van der Waals surface area contributed by atoms with Crippen molar-refractivity contribution in [3.63, 3.8) is 0 Å². The van der Waals surface area contributed by atoms with Gasteiger partial charge in [0.1, 0.15) is 0 Å². The molecule has 0 rings (SSSR count). The van der Waals surface area contributed by atoms with Crippen LogP contribution in [-0.4, -0.2) is 35.8 Å². The molecule has 116 valence electrons. The van der Waals surface area contributed by atoms with Crippen LogP contribution in [0.1, 0.15) is 0 Å². The molecule has 0 heterocycles. The monoisotopic (exact) mass is 474 g/mol. The molecule has 0 aliphatic heterocycles. The van der Waals surface area contributed by atoms with Gasteiger partial charge in [-0.2, -0.15) is 0 Å². The van der Waals surface area contributed by atoms with Crippen LogP contribution in [0.4, 0.5) is 0 Å². The molecule has 14 nitrogen and oxygen atoms in total. The second-order valence-corrected chi connectivity index (χ2v) is 1.72. The Hall–Kier alpha value is -1.05. The Labute approximate surface area is 171 Å². The fraction of sp³-hybridized carbons (Fsp3) is 0. The summed E-state index contributed by atoms with van der Waals surface area (Å²) >= 11 is 0. The van der Waals surface area contributed by atoms with Crippen LogP contribution in [0.25, 0.3) is 0 Å². The molecule has 0 aromatic rings. The van der Waals surface area contributed by atoms with Crippen LogP contribution in [0.2, 0.25) is 0 Å². The molecule has 0 aromatic heterocycles. The minimum Gasteiger partial charge on any atom is -0.543 e. The van der Waals surface area contributed by atoms with Crippen molar-refractivity contribution in [3.8, 4) is 0 Å². The van der Waals surface area contributed by atoms with E-state index in [0.29, 0.717) is 0 Å². The Balaban J connectivity index is -0.0000000395. The average Bonchev–Trinajstić information content (AvgIpc) is 2.32. The Morgan fingerprint density at radius 1 is 0.409 bits per heavy atom. The predicted molar refractivity (Wildman–Crippen MR) is 38.4 cm³/mol. The number of carboxylic acid groups (broad SMARTS) is 6. The number of hydrazine groups is 1. The van der Waals surface area contributed by atoms with E-state index in [2.05, 4.69) is 11.7 Å². The molecular formula is C6H4N2O12Y2. The Kier molecular flexibility index (Phi) is 42.3. The van der Waals surface area contributed by atoms with Gasteiger partial charge in [-0.25, -0.2) is 0 Å². The van der Waals surface area contributed by atoms with Gasteiger partial charge in [0.05, 0.1) is 35.8 Å². The molecule has 0 aliphatic carbocycles. The molecule has 0 spiro atoms. The van der Waals surface area contributed by atoms with Gasteiger partial charge < -0.3 is 59.4 Å². The number of rotatable bonds is 0. The summed E-state index contributed by atoms with van der Waals surface area (Å²) in [6.07, 6.45) is 0. The van der Waals surface area contributed by atoms with E-state index in [1.54, 1.807) is 0 Å². The first-order valence-corrected chi connectivity index (χ1v) is 3.53. The van der Waals surface area contributed by atoms with Crippen LogP contribution in [0.15, 0.2) is 0 Å². The van der Waals surface area contributed by atoms with Crippen LogP contribution in [-0.2, 0) is 94.2 Å². The van der Waals surface area contributed by atoms with Crippen molar-refractivity contribution in [2.45, 2.75) is 0 Å². The fourth-order valence-corrected chi connectivity index (χ4v) is 0. The molecular weight excluding hydrogens is 470 g/mol. The summed E-state index contributed by atoms with van der Waals surface area (Å²) in [7, 11) is 0. The summed E-state index contributed by atoms with van der Waals surface area (Å²) in [5.74, 6) is -5.11. The fourth-order valence-electron chi connectivity index (χ4n) is 0. The molecule has 0 saturated carbocycles. The molecule has 0 atom stereocenters. The number of carbonyl (C=O) groups is 6. The van der Waals surface area contributed by atoms with Gasteiger partial charge in [-0.3, -0.25) is 11.7 Å². The molecule has 0 saturated heterocycles. The Morgan fingerprint density at radius 2 is 0.455 bits per heavy atom. The van der Waals surface area contributed by atoms with Gasteiger partial charge in [0.2, 0.25) is 0 Å². The first-order valence-electron chi connectivity index (χ1n) is 3.53. The molecule has 0 aromatic carbocycles. The summed E-state index contributed by atoms with van der Waals surface area (Å²) < 4.78 is 0. The maximum atomic E-state index is 8.93. The third kappa shape index (κ3) is 50.9. The Bertz CT molecular complexity index is 291. The van der Waals surface area contributed by atoms with E-state index < -0.39 is 35.8 Å². The number of hydrogen-bond donors (Lipinski definition) is 2. The van der Waals surface area contributed by atoms with Gasteiger partial charge in [0, 0.05) is 0 Å². The SMILES string of the molecule is NN.O=C([O-])C(=O)[O-].O=C([O-])C(=O)[O-].O=C([O-])C(=O)[O-].[Y+3].[Y+3]. The molecule has 0 amide bonds. The van der Waals surface area contributed by atoms with Crippen LogP contribution in [0.5, 0.6) is 0 Å². The van der Waals surface area contributed by atoms with Crippen LogP contribution in [0, 0.1) is 0 Å². The third-order valence-electron chi connectivity index (χ3n) is 0.500. The second-order valence-electron chi connectivity index (χ2n) is 1.72. The molecule has 4 N–H and O–H groups in total. The van der Waals surface area contributed by atoms with Crippen molar-refractivity contribution in [3.05, 3.63) is 0 Å². The Morgan fingerprint density at radius 3 is 0.455 bits per heavy atom. The van der Waals surface area contributed by atoms with Gasteiger partial charge in [0.15, 0.2) is 0 Å². The zero-order valence-electron chi connectivity index (χ0n) is 10.2. The number of hydrogen-bond acceptors (Lipinski definition) is 14. The van der Waals surface area contributed by atoms with E-state index in [1.165, 1.54) is 0 Å². The topological polar surface area (TPSA) is 293 Å². The predicted octanol–water partition coefficient (Wildman–Crippen LogP) is -11.7. The maximum Gasteiger partial charge on any atom is 3.00 e. The van der Waals surface area contributed by atoms with Crippen molar-refractivity contribution >= 4 is 35.8 Å². The number of carboxylic acids is 6. The summed E-state index contributed by atoms with van der Waals surface area (Å²) in [4.78, 5) is 53.6. The second kappa shape index (κ2) is 24.9. The zero-order valence-corrected chi connectivity index (χ0v) is 15.9. The number of aliphatic carboxylic acids is 6. The summed E-state index contributed by atoms with van der Waals surface area (Å²) in [5.41, 5.74) is 0. The van der Waals surface area contributed by atoms with E-state index in [4.69, 9.17) is 59.4 Å². The van der Waals surface area contributed by atoms with Gasteiger partial charge in [0.25, 0.3) is 0 Å². The molecule has 0 aliphatic rings. The molecule has 0 radical (unpaired) electrons. The van der Waals surface area contributed by atoms with Crippen LogP contribution in [0.3, 0.4) is 0 Å². The first-order chi connectivity index (χ1) is 8.93. The van der Waals surface area contributed by atoms with Crippen molar-refractivity contribution in [2.24, 2.45) is 11.7 Å². The van der Waals surface area contributed by atoms with Crippen molar-refractivity contribution in [1.29, 1.82) is 0 Å². The molecule has 0 fully saturated rings. The van der Waals surface area contributed by atoms with Crippen LogP contribution >= 0.6 is 0 Å². The number of nitrogens with two attached hydrogens (primary N) is 2. The average molecular weight is 474 g/mol. The molecule has 16 heteroatoms.